The summed E-state index contributed by atoms with van der Waals surface area (Å²) in [6.07, 6.45) is 30.1. The predicted octanol–water partition coefficient (Wildman–Crippen LogP) is 12.7. The van der Waals surface area contributed by atoms with Gasteiger partial charge in [-0.15, -0.1) is 0 Å². The maximum absolute atomic E-state index is 15.0. The Balaban J connectivity index is 1.72. The van der Waals surface area contributed by atoms with Crippen LogP contribution in [0.25, 0.3) is 0 Å². The minimum Gasteiger partial charge on any atom is -0.438 e. The summed E-state index contributed by atoms with van der Waals surface area (Å²) in [4.78, 5) is 40.5. The fraction of sp³-hybridized carbons (Fsp3) is 0.867. The molecule has 0 bridgehead atoms. The number of phosphoric acid groups is 1. The summed E-state index contributed by atoms with van der Waals surface area (Å²) in [6.45, 7) is 2.15. The SMILES string of the molecule is CCCCCCCCCCCCCCCCC(=O)OCOP(=O)(OCOC(=O)CCCCCCCCCCCCCCCC)OC[C@@H]1CC(F)(F)[C@H](n2ccc(N)nc2=O)O1. The zero-order chi connectivity index (χ0) is 44.4. The number of anilines is 1. The van der Waals surface area contributed by atoms with E-state index >= 15 is 0 Å². The lowest BCUT2D eigenvalue weighted by Gasteiger charge is -2.20. The first-order valence-corrected chi connectivity index (χ1v) is 25.2. The number of esters is 2. The topological polar surface area (TPSA) is 167 Å². The van der Waals surface area contributed by atoms with Crippen LogP contribution in [0.2, 0.25) is 0 Å². The Morgan fingerprint density at radius 2 is 1.07 bits per heavy atom. The molecule has 2 rings (SSSR count). The van der Waals surface area contributed by atoms with Crippen LogP contribution in [0.4, 0.5) is 14.6 Å². The Hall–Kier alpha value is -2.45. The van der Waals surface area contributed by atoms with Crippen LogP contribution in [-0.2, 0) is 41.9 Å². The van der Waals surface area contributed by atoms with Gasteiger partial charge in [0.2, 0.25) is 19.8 Å². The lowest BCUT2D eigenvalue weighted by atomic mass is 10.0. The second-order valence-corrected chi connectivity index (χ2v) is 18.2. The molecule has 16 heteroatoms. The molecule has 2 heterocycles. The van der Waals surface area contributed by atoms with E-state index in [1.165, 1.54) is 134 Å². The van der Waals surface area contributed by atoms with E-state index in [0.29, 0.717) is 17.4 Å². The minimum absolute atomic E-state index is 0.135. The molecule has 0 amide bonds. The van der Waals surface area contributed by atoms with Gasteiger partial charge >= 0.3 is 25.5 Å². The van der Waals surface area contributed by atoms with Crippen molar-refractivity contribution in [1.29, 1.82) is 0 Å². The van der Waals surface area contributed by atoms with Crippen LogP contribution < -0.4 is 11.4 Å². The average molecular weight is 892 g/mol. The van der Waals surface area contributed by atoms with Gasteiger partial charge in [-0.3, -0.25) is 18.7 Å². The number of unbranched alkanes of at least 4 members (excludes halogenated alkanes) is 26. The molecular formula is C45H80F2N3O10P. The van der Waals surface area contributed by atoms with Crippen molar-refractivity contribution in [2.75, 3.05) is 25.9 Å². The molecule has 2 N–H and O–H groups in total. The maximum Gasteiger partial charge on any atom is 0.480 e. The number of aromatic nitrogens is 2. The molecule has 1 saturated heterocycles. The van der Waals surface area contributed by atoms with Gasteiger partial charge in [0, 0.05) is 25.5 Å². The number of nitrogens with zero attached hydrogens (tertiary/aromatic N) is 2. The lowest BCUT2D eigenvalue weighted by Crippen LogP contribution is -2.35. The lowest BCUT2D eigenvalue weighted by molar-refractivity contribution is -0.154. The van der Waals surface area contributed by atoms with Crippen molar-refractivity contribution >= 4 is 25.6 Å². The Morgan fingerprint density at radius 1 is 0.689 bits per heavy atom. The largest absolute Gasteiger partial charge is 0.480 e. The van der Waals surface area contributed by atoms with Gasteiger partial charge in [-0.1, -0.05) is 181 Å². The normalized spacial score (nSPS) is 16.3. The first-order chi connectivity index (χ1) is 29.5. The second-order valence-electron chi connectivity index (χ2n) is 16.6. The number of carbonyl (C=O) groups excluding carboxylic acids is 2. The Morgan fingerprint density at radius 3 is 1.44 bits per heavy atom. The highest BCUT2D eigenvalue weighted by Crippen LogP contribution is 2.51. The summed E-state index contributed by atoms with van der Waals surface area (Å²) in [5.41, 5.74) is 4.45. The summed E-state index contributed by atoms with van der Waals surface area (Å²) < 4.78 is 75.4. The molecule has 1 aromatic heterocycles. The van der Waals surface area contributed by atoms with E-state index in [0.717, 1.165) is 44.7 Å². The quantitative estimate of drug-likeness (QED) is 0.0287. The third kappa shape index (κ3) is 26.7. The number of carbonyl (C=O) groups is 2. The number of rotatable bonds is 40. The molecule has 0 unspecified atom stereocenters. The number of nitrogens with two attached hydrogens (primary N) is 1. The van der Waals surface area contributed by atoms with Gasteiger partial charge in [-0.05, 0) is 18.9 Å². The van der Waals surface area contributed by atoms with Crippen molar-refractivity contribution in [1.82, 2.24) is 9.55 Å². The number of halogens is 2. The predicted molar refractivity (Wildman–Crippen MR) is 234 cm³/mol. The standard InChI is InChI=1S/C45H80F2N3O10P/c1-3-5-7-9-11-13-15-17-19-21-23-25-27-29-31-41(51)55-37-58-61(54,57-36-39-35-45(46,47)43(60-39)50-34-33-40(48)49-44(50)53)59-38-56-42(52)32-30-28-26-24-22-20-18-16-14-12-10-8-6-4-2/h33-34,39,43H,3-32,35-38H2,1-2H3,(H2,48,49,53)/t39-,43+/m0/s1. The van der Waals surface area contributed by atoms with Gasteiger partial charge in [0.05, 0.1) is 12.7 Å². The fourth-order valence-electron chi connectivity index (χ4n) is 7.38. The van der Waals surface area contributed by atoms with Crippen LogP contribution in [0.5, 0.6) is 0 Å². The van der Waals surface area contributed by atoms with Crippen molar-refractivity contribution in [2.24, 2.45) is 0 Å². The fourth-order valence-corrected chi connectivity index (χ4v) is 8.31. The van der Waals surface area contributed by atoms with Gasteiger partial charge in [-0.2, -0.15) is 4.98 Å². The molecule has 1 aliphatic heterocycles. The van der Waals surface area contributed by atoms with E-state index in [-0.39, 0.29) is 18.7 Å². The molecule has 0 radical (unpaired) electrons. The van der Waals surface area contributed by atoms with Crippen molar-refractivity contribution < 1.29 is 50.7 Å². The molecule has 0 saturated carbocycles. The van der Waals surface area contributed by atoms with Crippen molar-refractivity contribution in [2.45, 2.75) is 231 Å². The molecule has 1 aromatic rings. The monoisotopic (exact) mass is 892 g/mol. The number of hydrogen-bond acceptors (Lipinski definition) is 12. The highest BCUT2D eigenvalue weighted by Gasteiger charge is 2.52. The third-order valence-corrected chi connectivity index (χ3v) is 12.3. The van der Waals surface area contributed by atoms with E-state index in [1.54, 1.807) is 0 Å². The van der Waals surface area contributed by atoms with Gasteiger partial charge in [0.25, 0.3) is 5.92 Å². The van der Waals surface area contributed by atoms with Crippen LogP contribution >= 0.6 is 7.82 Å². The minimum atomic E-state index is -4.63. The Bertz CT molecular complexity index is 1350. The van der Waals surface area contributed by atoms with Crippen molar-refractivity contribution in [3.05, 3.63) is 22.7 Å². The molecule has 0 spiro atoms. The highest BCUT2D eigenvalue weighted by atomic mass is 31.2. The first-order valence-electron chi connectivity index (χ1n) is 23.7. The van der Waals surface area contributed by atoms with E-state index in [9.17, 15) is 27.7 Å². The average Bonchev–Trinajstić information content (AvgIpc) is 3.53. The van der Waals surface area contributed by atoms with Crippen LogP contribution in [0.3, 0.4) is 0 Å². The van der Waals surface area contributed by atoms with Gasteiger partial charge < -0.3 is 19.9 Å². The van der Waals surface area contributed by atoms with E-state index < -0.39 is 70.3 Å². The Labute approximate surface area is 364 Å². The number of hydrogen-bond donors (Lipinski definition) is 1. The van der Waals surface area contributed by atoms with E-state index in [1.807, 2.05) is 0 Å². The summed E-state index contributed by atoms with van der Waals surface area (Å²) in [6, 6.07) is 1.18. The zero-order valence-electron chi connectivity index (χ0n) is 37.6. The summed E-state index contributed by atoms with van der Waals surface area (Å²) in [7, 11) is -4.63. The number of alkyl halides is 2. The molecule has 1 aliphatic rings. The summed E-state index contributed by atoms with van der Waals surface area (Å²) in [5, 5.41) is 0. The molecule has 61 heavy (non-hydrogen) atoms. The summed E-state index contributed by atoms with van der Waals surface area (Å²) >= 11 is 0. The molecule has 0 aromatic carbocycles. The Kier molecular flexibility index (Phi) is 30.5. The van der Waals surface area contributed by atoms with Crippen LogP contribution in [0.15, 0.2) is 17.1 Å². The van der Waals surface area contributed by atoms with Gasteiger partial charge in [-0.25, -0.2) is 27.2 Å². The smallest absolute Gasteiger partial charge is 0.438 e. The molecule has 0 aliphatic carbocycles. The third-order valence-electron chi connectivity index (χ3n) is 11.0. The van der Waals surface area contributed by atoms with Crippen LogP contribution in [0, 0.1) is 0 Å². The van der Waals surface area contributed by atoms with Crippen LogP contribution in [0.1, 0.15) is 219 Å². The second kappa shape index (κ2) is 34.0. The van der Waals surface area contributed by atoms with E-state index in [4.69, 9.17) is 33.5 Å². The zero-order valence-corrected chi connectivity index (χ0v) is 38.5. The maximum atomic E-state index is 15.0. The first kappa shape index (κ1) is 54.7. The van der Waals surface area contributed by atoms with Crippen molar-refractivity contribution in [3.8, 4) is 0 Å². The van der Waals surface area contributed by atoms with Gasteiger partial charge in [0.15, 0.2) is 0 Å². The number of nitrogen functional groups attached to an aromatic ring is 1. The van der Waals surface area contributed by atoms with Gasteiger partial charge in [0.1, 0.15) is 5.82 Å². The van der Waals surface area contributed by atoms with Crippen molar-refractivity contribution in [3.63, 3.8) is 0 Å². The van der Waals surface area contributed by atoms with Crippen LogP contribution in [-0.4, -0.2) is 53.7 Å². The highest BCUT2D eigenvalue weighted by molar-refractivity contribution is 7.48. The summed E-state index contributed by atoms with van der Waals surface area (Å²) in [5.74, 6) is -4.81. The molecule has 1 fully saturated rings. The molecule has 13 nitrogen and oxygen atoms in total. The van der Waals surface area contributed by atoms with E-state index in [2.05, 4.69) is 18.8 Å². The number of phosphoric ester groups is 1. The molecule has 354 valence electrons. The molecule has 2 atom stereocenters. The molecular weight excluding hydrogens is 811 g/mol. The number of ether oxygens (including phenoxy) is 3.